The molecule has 0 fully saturated rings. The normalized spacial score (nSPS) is 11.7. The molecule has 0 unspecified atom stereocenters. The molecule has 0 aliphatic heterocycles. The topological polar surface area (TPSA) is 55.4 Å². The van der Waals surface area contributed by atoms with Gasteiger partial charge in [-0.25, -0.2) is 0 Å². The molecule has 138 valence electrons. The van der Waals surface area contributed by atoms with E-state index in [1.54, 1.807) is 25.3 Å². The zero-order chi connectivity index (χ0) is 19.1. The van der Waals surface area contributed by atoms with Crippen LogP contribution in [0.2, 0.25) is 5.02 Å². The average molecular weight is 392 g/mol. The molecule has 2 rings (SSSR count). The molecule has 4 nitrogen and oxygen atoms in total. The quantitative estimate of drug-likeness (QED) is 0.665. The Hall–Kier alpha value is -1.98. The molecule has 0 aromatic heterocycles. The van der Waals surface area contributed by atoms with Gasteiger partial charge in [0.1, 0.15) is 5.75 Å². The third-order valence-corrected chi connectivity index (χ3v) is 5.12. The third-order valence-electron chi connectivity index (χ3n) is 3.90. The summed E-state index contributed by atoms with van der Waals surface area (Å²) < 4.78 is 5.33. The Balaban J connectivity index is 1.90. The average Bonchev–Trinajstić information content (AvgIpc) is 2.61. The first-order valence-corrected chi connectivity index (χ1v) is 9.74. The van der Waals surface area contributed by atoms with E-state index >= 15 is 0 Å². The van der Waals surface area contributed by atoms with Gasteiger partial charge in [-0.1, -0.05) is 23.7 Å². The largest absolute Gasteiger partial charge is 0.496 e. The Morgan fingerprint density at radius 1 is 1.23 bits per heavy atom. The van der Waals surface area contributed by atoms with Gasteiger partial charge in [0, 0.05) is 21.9 Å². The summed E-state index contributed by atoms with van der Waals surface area (Å²) in [5.41, 5.74) is 2.51. The number of rotatable bonds is 8. The highest BCUT2D eigenvalue weighted by atomic mass is 35.5. The predicted molar refractivity (Wildman–Crippen MR) is 107 cm³/mol. The van der Waals surface area contributed by atoms with E-state index in [0.717, 1.165) is 16.9 Å². The number of thioether (sulfide) groups is 1. The summed E-state index contributed by atoms with van der Waals surface area (Å²) in [4.78, 5) is 23.7. The molecule has 0 aliphatic rings. The Morgan fingerprint density at radius 2 is 2.00 bits per heavy atom. The molecule has 1 N–H and O–H groups in total. The van der Waals surface area contributed by atoms with Crippen molar-refractivity contribution < 1.29 is 14.3 Å². The van der Waals surface area contributed by atoms with Gasteiger partial charge in [0.15, 0.2) is 5.78 Å². The molecule has 0 aliphatic carbocycles. The van der Waals surface area contributed by atoms with E-state index in [4.69, 9.17) is 16.3 Å². The molecule has 2 aromatic rings. The highest BCUT2D eigenvalue weighted by Gasteiger charge is 2.12. The summed E-state index contributed by atoms with van der Waals surface area (Å²) in [6.45, 7) is 3.46. The summed E-state index contributed by atoms with van der Waals surface area (Å²) in [5.74, 6) is 1.58. The molecule has 0 bridgehead atoms. The van der Waals surface area contributed by atoms with Crippen molar-refractivity contribution in [2.45, 2.75) is 25.6 Å². The van der Waals surface area contributed by atoms with Crippen LogP contribution >= 0.6 is 23.4 Å². The fourth-order valence-corrected chi connectivity index (χ4v) is 3.52. The number of hydrogen-bond donors (Lipinski definition) is 1. The maximum absolute atomic E-state index is 12.2. The highest BCUT2D eigenvalue weighted by molar-refractivity contribution is 7.99. The van der Waals surface area contributed by atoms with Crippen LogP contribution in [-0.4, -0.2) is 24.6 Å². The summed E-state index contributed by atoms with van der Waals surface area (Å²) in [7, 11) is 1.59. The molecular formula is C20H22ClNO3S. The molecule has 0 heterocycles. The predicted octanol–water partition coefficient (Wildman–Crippen LogP) is 4.66. The minimum Gasteiger partial charge on any atom is -0.496 e. The van der Waals surface area contributed by atoms with Crippen molar-refractivity contribution >= 4 is 35.1 Å². The first-order chi connectivity index (χ1) is 12.4. The molecule has 0 saturated carbocycles. The Morgan fingerprint density at radius 3 is 2.65 bits per heavy atom. The summed E-state index contributed by atoms with van der Waals surface area (Å²) in [6.07, 6.45) is 0. The van der Waals surface area contributed by atoms with Crippen LogP contribution in [0.15, 0.2) is 42.5 Å². The number of Topliss-reactive ketones (excluding diaryl/α,β-unsaturated/α-hetero) is 1. The van der Waals surface area contributed by atoms with E-state index in [1.807, 2.05) is 31.2 Å². The van der Waals surface area contributed by atoms with E-state index < -0.39 is 0 Å². The van der Waals surface area contributed by atoms with Crippen molar-refractivity contribution in [2.24, 2.45) is 0 Å². The molecule has 0 spiro atoms. The van der Waals surface area contributed by atoms with E-state index in [2.05, 4.69) is 5.32 Å². The van der Waals surface area contributed by atoms with Crippen molar-refractivity contribution in [1.82, 2.24) is 5.32 Å². The van der Waals surface area contributed by atoms with E-state index in [9.17, 15) is 9.59 Å². The molecule has 2 aromatic carbocycles. The number of halogens is 1. The van der Waals surface area contributed by atoms with Crippen molar-refractivity contribution in [2.75, 3.05) is 12.9 Å². The SMILES string of the molecule is COc1ccc(C(C)=O)cc1CSCC(=O)N[C@@H](C)c1cccc(Cl)c1. The van der Waals surface area contributed by atoms with E-state index in [1.165, 1.54) is 18.7 Å². The number of methoxy groups -OCH3 is 1. The lowest BCUT2D eigenvalue weighted by atomic mass is 10.1. The molecule has 0 radical (unpaired) electrons. The maximum Gasteiger partial charge on any atom is 0.230 e. The van der Waals surface area contributed by atoms with Gasteiger partial charge >= 0.3 is 0 Å². The molecular weight excluding hydrogens is 370 g/mol. The fraction of sp³-hybridized carbons (Fsp3) is 0.300. The first kappa shape index (κ1) is 20.3. The number of hydrogen-bond acceptors (Lipinski definition) is 4. The van der Waals surface area contributed by atoms with Crippen molar-refractivity contribution in [3.63, 3.8) is 0 Å². The lowest BCUT2D eigenvalue weighted by Crippen LogP contribution is -2.28. The first-order valence-electron chi connectivity index (χ1n) is 8.21. The number of ether oxygens (including phenoxy) is 1. The molecule has 0 saturated heterocycles. The standard InChI is InChI=1S/C20H22ClNO3S/c1-13(15-5-4-6-18(21)10-15)22-20(24)12-26-11-17-9-16(14(2)23)7-8-19(17)25-3/h4-10,13H,11-12H2,1-3H3,(H,22,24)/t13-/m0/s1. The molecule has 1 amide bonds. The van der Waals surface area contributed by atoms with Crippen LogP contribution in [0, 0.1) is 0 Å². The zero-order valence-electron chi connectivity index (χ0n) is 15.0. The zero-order valence-corrected chi connectivity index (χ0v) is 16.6. The van der Waals surface area contributed by atoms with Gasteiger partial charge in [-0.05, 0) is 49.7 Å². The molecule has 6 heteroatoms. The number of carbonyl (C=O) groups is 2. The van der Waals surface area contributed by atoms with Crippen molar-refractivity contribution in [3.05, 3.63) is 64.2 Å². The Labute approximate surface area is 163 Å². The van der Waals surface area contributed by atoms with Crippen LogP contribution in [0.3, 0.4) is 0 Å². The van der Waals surface area contributed by atoms with Crippen LogP contribution in [0.5, 0.6) is 5.75 Å². The number of carbonyl (C=O) groups excluding carboxylic acids is 2. The van der Waals surface area contributed by atoms with Crippen LogP contribution in [0.1, 0.15) is 41.4 Å². The van der Waals surface area contributed by atoms with Crippen LogP contribution < -0.4 is 10.1 Å². The second kappa shape index (κ2) is 9.64. The van der Waals surface area contributed by atoms with E-state index in [0.29, 0.717) is 22.1 Å². The van der Waals surface area contributed by atoms with Gasteiger partial charge in [0.05, 0.1) is 18.9 Å². The minimum absolute atomic E-state index is 0.00647. The van der Waals surface area contributed by atoms with Gasteiger partial charge in [0.2, 0.25) is 5.91 Å². The third kappa shape index (κ3) is 5.78. The summed E-state index contributed by atoms with van der Waals surface area (Å²) in [6, 6.07) is 12.7. The monoisotopic (exact) mass is 391 g/mol. The van der Waals surface area contributed by atoms with Crippen LogP contribution in [0.4, 0.5) is 0 Å². The molecule has 26 heavy (non-hydrogen) atoms. The Kier molecular flexibility index (Phi) is 7.54. The smallest absolute Gasteiger partial charge is 0.230 e. The summed E-state index contributed by atoms with van der Waals surface area (Å²) in [5, 5.41) is 3.61. The summed E-state index contributed by atoms with van der Waals surface area (Å²) >= 11 is 7.46. The van der Waals surface area contributed by atoms with Gasteiger partial charge in [-0.3, -0.25) is 9.59 Å². The number of nitrogens with one attached hydrogen (secondary N) is 1. The van der Waals surface area contributed by atoms with Crippen LogP contribution in [-0.2, 0) is 10.5 Å². The number of ketones is 1. The number of benzene rings is 2. The highest BCUT2D eigenvalue weighted by Crippen LogP contribution is 2.25. The van der Waals surface area contributed by atoms with Gasteiger partial charge < -0.3 is 10.1 Å². The van der Waals surface area contributed by atoms with Crippen molar-refractivity contribution in [3.8, 4) is 5.75 Å². The van der Waals surface area contributed by atoms with Gasteiger partial charge in [-0.2, -0.15) is 0 Å². The lowest BCUT2D eigenvalue weighted by molar-refractivity contribution is -0.119. The fourth-order valence-electron chi connectivity index (χ4n) is 2.51. The van der Waals surface area contributed by atoms with Gasteiger partial charge in [0.25, 0.3) is 0 Å². The van der Waals surface area contributed by atoms with Crippen LogP contribution in [0.25, 0.3) is 0 Å². The molecule has 1 atom stereocenters. The van der Waals surface area contributed by atoms with E-state index in [-0.39, 0.29) is 17.7 Å². The minimum atomic E-state index is -0.114. The maximum atomic E-state index is 12.2. The number of amides is 1. The second-order valence-electron chi connectivity index (χ2n) is 5.92. The second-order valence-corrected chi connectivity index (χ2v) is 7.34. The van der Waals surface area contributed by atoms with Crippen molar-refractivity contribution in [1.29, 1.82) is 0 Å². The van der Waals surface area contributed by atoms with Gasteiger partial charge in [-0.15, -0.1) is 11.8 Å². The Bertz CT molecular complexity index is 794. The lowest BCUT2D eigenvalue weighted by Gasteiger charge is -2.15.